The molecule has 0 unspecified atom stereocenters. The van der Waals surface area contributed by atoms with Gasteiger partial charge in [0.2, 0.25) is 15.9 Å². The van der Waals surface area contributed by atoms with Gasteiger partial charge in [-0.1, -0.05) is 11.6 Å². The molecule has 0 aromatic heterocycles. The monoisotopic (exact) mass is 472 g/mol. The van der Waals surface area contributed by atoms with Gasteiger partial charge < -0.3 is 4.74 Å². The normalized spacial score (nSPS) is 17.8. The van der Waals surface area contributed by atoms with Crippen LogP contribution in [0.4, 0.5) is 11.4 Å². The molecular weight excluding hydrogens is 452 g/mol. The molecule has 1 aliphatic rings. The second-order valence-corrected chi connectivity index (χ2v) is 11.5. The number of aryl methyl sites for hydroxylation is 1. The maximum Gasteiger partial charge on any atom is 0.262 e. The van der Waals surface area contributed by atoms with Crippen molar-refractivity contribution in [1.82, 2.24) is 0 Å². The van der Waals surface area contributed by atoms with Crippen LogP contribution in [0.3, 0.4) is 0 Å². The number of ether oxygens (including phenoxy) is 1. The Labute approximate surface area is 180 Å². The fourth-order valence-electron chi connectivity index (χ4n) is 3.28. The molecular formula is C19H21ClN2O6S2. The molecule has 1 aliphatic heterocycles. The fourth-order valence-corrected chi connectivity index (χ4v) is 6.84. The quantitative estimate of drug-likeness (QED) is 0.715. The summed E-state index contributed by atoms with van der Waals surface area (Å²) in [5, 5.41) is 0.320. The summed E-state index contributed by atoms with van der Waals surface area (Å²) in [6.07, 6.45) is 0. The maximum absolute atomic E-state index is 12.9. The van der Waals surface area contributed by atoms with Crippen LogP contribution < -0.4 is 13.8 Å². The summed E-state index contributed by atoms with van der Waals surface area (Å²) in [6, 6.07) is 8.43. The van der Waals surface area contributed by atoms with Crippen molar-refractivity contribution in [2.45, 2.75) is 25.7 Å². The first kappa shape index (κ1) is 22.4. The molecule has 0 aliphatic carbocycles. The number of sulfonamides is 2. The highest BCUT2D eigenvalue weighted by Gasteiger charge is 2.50. The number of carbonyl (C=O) groups excluding carboxylic acids is 1. The molecule has 1 fully saturated rings. The second kappa shape index (κ2) is 7.44. The molecule has 8 nitrogen and oxygen atoms in total. The zero-order chi connectivity index (χ0) is 22.5. The lowest BCUT2D eigenvalue weighted by atomic mass is 9.95. The van der Waals surface area contributed by atoms with Gasteiger partial charge in [-0.25, -0.2) is 21.1 Å². The predicted octanol–water partition coefficient (Wildman–Crippen LogP) is 3.16. The van der Waals surface area contributed by atoms with Gasteiger partial charge in [0, 0.05) is 5.02 Å². The summed E-state index contributed by atoms with van der Waals surface area (Å²) in [5.74, 6) is -0.582. The molecule has 2 aromatic carbocycles. The van der Waals surface area contributed by atoms with E-state index < -0.39 is 31.4 Å². The molecule has 0 atom stereocenters. The highest BCUT2D eigenvalue weighted by atomic mass is 35.5. The summed E-state index contributed by atoms with van der Waals surface area (Å²) in [7, 11) is -6.48. The van der Waals surface area contributed by atoms with E-state index in [1.54, 1.807) is 19.9 Å². The highest BCUT2D eigenvalue weighted by molar-refractivity contribution is 7.94. The number of hydrogen-bond acceptors (Lipinski definition) is 6. The number of methoxy groups -OCH3 is 1. The van der Waals surface area contributed by atoms with E-state index in [1.807, 2.05) is 0 Å². The molecule has 1 amide bonds. The first-order chi connectivity index (χ1) is 13.8. The molecule has 2 aromatic rings. The van der Waals surface area contributed by atoms with Crippen LogP contribution in [-0.2, 0) is 24.8 Å². The van der Waals surface area contributed by atoms with Gasteiger partial charge in [0.25, 0.3) is 10.0 Å². The van der Waals surface area contributed by atoms with Crippen molar-refractivity contribution in [3.8, 4) is 5.75 Å². The average Bonchev–Trinajstić information content (AvgIpc) is 2.77. The summed E-state index contributed by atoms with van der Waals surface area (Å²) in [4.78, 5) is 12.5. The summed E-state index contributed by atoms with van der Waals surface area (Å²) in [5.41, 5.74) is -0.522. The lowest BCUT2D eigenvalue weighted by molar-refractivity contribution is -0.123. The van der Waals surface area contributed by atoms with Crippen molar-refractivity contribution in [1.29, 1.82) is 0 Å². The highest BCUT2D eigenvalue weighted by Crippen LogP contribution is 2.37. The van der Waals surface area contributed by atoms with Crippen LogP contribution in [0.5, 0.6) is 5.75 Å². The minimum absolute atomic E-state index is 0.0726. The lowest BCUT2D eigenvalue weighted by Gasteiger charge is -2.19. The maximum atomic E-state index is 12.9. The van der Waals surface area contributed by atoms with Gasteiger partial charge in [-0.05, 0) is 62.7 Å². The first-order valence-corrected chi connectivity index (χ1v) is 12.3. The van der Waals surface area contributed by atoms with Crippen LogP contribution in [0.2, 0.25) is 5.02 Å². The van der Waals surface area contributed by atoms with Gasteiger partial charge in [0.1, 0.15) is 5.75 Å². The Bertz CT molecular complexity index is 1240. The summed E-state index contributed by atoms with van der Waals surface area (Å²) >= 11 is 5.95. The summed E-state index contributed by atoms with van der Waals surface area (Å²) < 4.78 is 59.1. The fraction of sp³-hybridized carbons (Fsp3) is 0.316. The molecule has 11 heteroatoms. The van der Waals surface area contributed by atoms with Gasteiger partial charge in [0.15, 0.2) is 0 Å². The van der Waals surface area contributed by atoms with Crippen molar-refractivity contribution >= 4 is 48.9 Å². The second-order valence-electron chi connectivity index (χ2n) is 7.61. The molecule has 1 heterocycles. The number of nitrogens with zero attached hydrogens (tertiary/aromatic N) is 1. The number of nitrogens with one attached hydrogen (secondary N) is 1. The van der Waals surface area contributed by atoms with Gasteiger partial charge in [0.05, 0.1) is 34.5 Å². The van der Waals surface area contributed by atoms with E-state index in [0.29, 0.717) is 5.02 Å². The van der Waals surface area contributed by atoms with Crippen molar-refractivity contribution in [3.05, 3.63) is 47.0 Å². The molecule has 0 spiro atoms. The van der Waals surface area contributed by atoms with Gasteiger partial charge in [-0.2, -0.15) is 0 Å². The summed E-state index contributed by atoms with van der Waals surface area (Å²) in [6.45, 7) is 4.63. The molecule has 30 heavy (non-hydrogen) atoms. The van der Waals surface area contributed by atoms with Crippen LogP contribution >= 0.6 is 11.6 Å². The van der Waals surface area contributed by atoms with Gasteiger partial charge in [-0.15, -0.1) is 0 Å². The zero-order valence-corrected chi connectivity index (χ0v) is 19.2. The van der Waals surface area contributed by atoms with E-state index in [4.69, 9.17) is 16.3 Å². The Morgan fingerprint density at radius 1 is 1.17 bits per heavy atom. The Morgan fingerprint density at radius 3 is 2.37 bits per heavy atom. The number of rotatable bonds is 5. The molecule has 0 bridgehead atoms. The predicted molar refractivity (Wildman–Crippen MR) is 115 cm³/mol. The SMILES string of the molecule is COc1ccc(Cl)cc1NS(=O)(=O)c1ccc(N2C(=O)C(C)(C)CS2(=O)=O)cc1C. The number of hydrogen-bond donors (Lipinski definition) is 1. The van der Waals surface area contributed by atoms with E-state index in [-0.39, 0.29) is 33.3 Å². The Kier molecular flexibility index (Phi) is 5.55. The average molecular weight is 473 g/mol. The Balaban J connectivity index is 2.00. The van der Waals surface area contributed by atoms with Gasteiger partial charge in [-0.3, -0.25) is 9.52 Å². The third kappa shape index (κ3) is 3.99. The van der Waals surface area contributed by atoms with Crippen molar-refractivity contribution in [2.75, 3.05) is 21.9 Å². The number of halogens is 1. The van der Waals surface area contributed by atoms with Crippen molar-refractivity contribution in [3.63, 3.8) is 0 Å². The lowest BCUT2D eigenvalue weighted by Crippen LogP contribution is -2.33. The molecule has 1 N–H and O–H groups in total. The first-order valence-electron chi connectivity index (χ1n) is 8.83. The smallest absolute Gasteiger partial charge is 0.262 e. The van der Waals surface area contributed by atoms with Crippen molar-refractivity contribution < 1.29 is 26.4 Å². The van der Waals surface area contributed by atoms with Crippen LogP contribution in [0.1, 0.15) is 19.4 Å². The number of carbonyl (C=O) groups is 1. The topological polar surface area (TPSA) is 110 Å². The molecule has 3 rings (SSSR count). The Hall–Kier alpha value is -2.30. The standard InChI is InChI=1S/C19H21ClN2O6S2/c1-12-9-14(22-18(23)19(2,3)11-29(22,24)25)6-8-17(12)30(26,27)21-15-10-13(20)5-7-16(15)28-4/h5-10,21H,11H2,1-4H3. The van der Waals surface area contributed by atoms with E-state index in [2.05, 4.69) is 4.72 Å². The number of anilines is 2. The van der Waals surface area contributed by atoms with E-state index in [9.17, 15) is 21.6 Å². The van der Waals surface area contributed by atoms with Crippen LogP contribution in [0, 0.1) is 12.3 Å². The van der Waals surface area contributed by atoms with E-state index >= 15 is 0 Å². The number of amides is 1. The van der Waals surface area contributed by atoms with Crippen LogP contribution in [0.15, 0.2) is 41.3 Å². The minimum atomic E-state index is -4.04. The van der Waals surface area contributed by atoms with Gasteiger partial charge >= 0.3 is 0 Å². The minimum Gasteiger partial charge on any atom is -0.495 e. The molecule has 0 saturated carbocycles. The van der Waals surface area contributed by atoms with Crippen LogP contribution in [-0.4, -0.2) is 35.6 Å². The zero-order valence-electron chi connectivity index (χ0n) is 16.8. The molecule has 162 valence electrons. The molecule has 1 saturated heterocycles. The largest absolute Gasteiger partial charge is 0.495 e. The third-order valence-electron chi connectivity index (χ3n) is 4.67. The third-order valence-corrected chi connectivity index (χ3v) is 8.45. The Morgan fingerprint density at radius 2 is 1.83 bits per heavy atom. The molecule has 0 radical (unpaired) electrons. The number of benzene rings is 2. The van der Waals surface area contributed by atoms with Crippen molar-refractivity contribution in [2.24, 2.45) is 5.41 Å². The van der Waals surface area contributed by atoms with Crippen LogP contribution in [0.25, 0.3) is 0 Å². The van der Waals surface area contributed by atoms with E-state index in [0.717, 1.165) is 4.31 Å². The van der Waals surface area contributed by atoms with E-state index in [1.165, 1.54) is 44.4 Å².